The van der Waals surface area contributed by atoms with Crippen LogP contribution in [0.4, 0.5) is 0 Å². The fourth-order valence-electron chi connectivity index (χ4n) is 1.28. The van der Waals surface area contributed by atoms with Crippen molar-refractivity contribution < 1.29 is 0 Å². The first-order chi connectivity index (χ1) is 6.97. The van der Waals surface area contributed by atoms with Gasteiger partial charge in [-0.25, -0.2) is 0 Å². The Labute approximate surface area is 93.1 Å². The highest BCUT2D eigenvalue weighted by Gasteiger charge is 2.08. The molecule has 84 valence electrons. The molecule has 1 heterocycles. The second-order valence-corrected chi connectivity index (χ2v) is 5.31. The van der Waals surface area contributed by atoms with Gasteiger partial charge in [-0.05, 0) is 36.9 Å². The van der Waals surface area contributed by atoms with Crippen LogP contribution in [0.25, 0.3) is 0 Å². The van der Waals surface area contributed by atoms with Crippen molar-refractivity contribution in [2.75, 3.05) is 6.54 Å². The zero-order chi connectivity index (χ0) is 11.3. The Morgan fingerprint density at radius 3 is 2.53 bits per heavy atom. The molecule has 0 amide bonds. The Balaban J connectivity index is 2.23. The van der Waals surface area contributed by atoms with Gasteiger partial charge in [0.1, 0.15) is 0 Å². The maximum absolute atomic E-state index is 4.35. The molecular weight excluding hydrogens is 184 g/mol. The van der Waals surface area contributed by atoms with Gasteiger partial charge in [-0.3, -0.25) is 4.98 Å². The molecule has 0 bridgehead atoms. The summed E-state index contributed by atoms with van der Waals surface area (Å²) in [6.07, 6.45) is 3.11. The van der Waals surface area contributed by atoms with Crippen molar-refractivity contribution >= 4 is 0 Å². The lowest BCUT2D eigenvalue weighted by Gasteiger charge is -2.17. The molecule has 1 N–H and O–H groups in total. The van der Waals surface area contributed by atoms with E-state index < -0.39 is 0 Å². The molecule has 2 nitrogen and oxygen atoms in total. The molecule has 15 heavy (non-hydrogen) atoms. The van der Waals surface area contributed by atoms with Gasteiger partial charge in [0.15, 0.2) is 0 Å². The van der Waals surface area contributed by atoms with Gasteiger partial charge in [0.2, 0.25) is 0 Å². The highest BCUT2D eigenvalue weighted by molar-refractivity contribution is 5.11. The van der Waals surface area contributed by atoms with Gasteiger partial charge in [0, 0.05) is 12.7 Å². The maximum atomic E-state index is 4.35. The molecule has 0 unspecified atom stereocenters. The van der Waals surface area contributed by atoms with Gasteiger partial charge in [-0.1, -0.05) is 26.8 Å². The first-order valence-corrected chi connectivity index (χ1v) is 5.60. The molecule has 0 spiro atoms. The molecule has 2 heteroatoms. The highest BCUT2D eigenvalue weighted by atomic mass is 14.9. The molecular formula is C13H22N2. The van der Waals surface area contributed by atoms with Crippen LogP contribution >= 0.6 is 0 Å². The monoisotopic (exact) mass is 206 g/mol. The Hall–Kier alpha value is -0.890. The van der Waals surface area contributed by atoms with Gasteiger partial charge in [-0.15, -0.1) is 0 Å². The van der Waals surface area contributed by atoms with E-state index >= 15 is 0 Å². The standard InChI is InChI=1S/C13H22N2/c1-11-5-6-12(15-9-11)10-14-8-7-13(2,3)4/h5-6,9,14H,7-8,10H2,1-4H3. The number of aromatic nitrogens is 1. The lowest BCUT2D eigenvalue weighted by atomic mass is 9.92. The van der Waals surface area contributed by atoms with E-state index in [9.17, 15) is 0 Å². The SMILES string of the molecule is Cc1ccc(CNCCC(C)(C)C)nc1. The van der Waals surface area contributed by atoms with E-state index in [2.05, 4.69) is 50.1 Å². The molecule has 0 aliphatic heterocycles. The van der Waals surface area contributed by atoms with Gasteiger partial charge in [-0.2, -0.15) is 0 Å². The van der Waals surface area contributed by atoms with Gasteiger partial charge < -0.3 is 5.32 Å². The van der Waals surface area contributed by atoms with Crippen LogP contribution < -0.4 is 5.32 Å². The third-order valence-electron chi connectivity index (χ3n) is 2.33. The first kappa shape index (κ1) is 12.2. The average molecular weight is 206 g/mol. The van der Waals surface area contributed by atoms with Crippen LogP contribution in [0.2, 0.25) is 0 Å². The van der Waals surface area contributed by atoms with Crippen molar-refractivity contribution in [2.45, 2.75) is 40.7 Å². The average Bonchev–Trinajstić information content (AvgIpc) is 2.14. The summed E-state index contributed by atoms with van der Waals surface area (Å²) in [5, 5.41) is 3.42. The fourth-order valence-corrected chi connectivity index (χ4v) is 1.28. The number of rotatable bonds is 4. The molecule has 0 fully saturated rings. The van der Waals surface area contributed by atoms with E-state index in [1.807, 2.05) is 6.20 Å². The maximum Gasteiger partial charge on any atom is 0.0541 e. The van der Waals surface area contributed by atoms with Crippen LogP contribution in [0, 0.1) is 12.3 Å². The zero-order valence-electron chi connectivity index (χ0n) is 10.3. The largest absolute Gasteiger partial charge is 0.311 e. The van der Waals surface area contributed by atoms with E-state index in [4.69, 9.17) is 0 Å². The van der Waals surface area contributed by atoms with E-state index in [0.29, 0.717) is 5.41 Å². The normalized spacial score (nSPS) is 11.7. The van der Waals surface area contributed by atoms with Crippen LogP contribution in [0.15, 0.2) is 18.3 Å². The number of hydrogen-bond donors (Lipinski definition) is 1. The quantitative estimate of drug-likeness (QED) is 0.766. The summed E-state index contributed by atoms with van der Waals surface area (Å²) in [6.45, 7) is 10.8. The third-order valence-corrected chi connectivity index (χ3v) is 2.33. The van der Waals surface area contributed by atoms with Gasteiger partial charge in [0.05, 0.1) is 5.69 Å². The van der Waals surface area contributed by atoms with Crippen molar-refractivity contribution in [1.82, 2.24) is 10.3 Å². The van der Waals surface area contributed by atoms with Crippen LogP contribution in [-0.2, 0) is 6.54 Å². The Bertz CT molecular complexity index is 282. The third kappa shape index (κ3) is 5.53. The van der Waals surface area contributed by atoms with Crippen molar-refractivity contribution in [2.24, 2.45) is 5.41 Å². The second-order valence-electron chi connectivity index (χ2n) is 5.31. The number of pyridine rings is 1. The molecule has 0 saturated heterocycles. The minimum Gasteiger partial charge on any atom is -0.311 e. The minimum absolute atomic E-state index is 0.410. The van der Waals surface area contributed by atoms with Crippen LogP contribution in [0.3, 0.4) is 0 Å². The predicted molar refractivity (Wildman–Crippen MR) is 64.8 cm³/mol. The molecule has 0 radical (unpaired) electrons. The van der Waals surface area contributed by atoms with Crippen molar-refractivity contribution in [3.63, 3.8) is 0 Å². The topological polar surface area (TPSA) is 24.9 Å². The molecule has 0 aliphatic carbocycles. The second kappa shape index (κ2) is 5.26. The fraction of sp³-hybridized carbons (Fsp3) is 0.615. The summed E-state index contributed by atoms with van der Waals surface area (Å²) in [5.74, 6) is 0. The van der Waals surface area contributed by atoms with Crippen LogP contribution in [0.5, 0.6) is 0 Å². The molecule has 1 aromatic heterocycles. The van der Waals surface area contributed by atoms with Crippen molar-refractivity contribution in [3.8, 4) is 0 Å². The number of aryl methyl sites for hydroxylation is 1. The summed E-state index contributed by atoms with van der Waals surface area (Å²) in [6, 6.07) is 4.19. The molecule has 0 aliphatic rings. The van der Waals surface area contributed by atoms with E-state index in [0.717, 1.165) is 18.8 Å². The van der Waals surface area contributed by atoms with E-state index in [-0.39, 0.29) is 0 Å². The molecule has 1 rings (SSSR count). The molecule has 1 aromatic rings. The highest BCUT2D eigenvalue weighted by Crippen LogP contribution is 2.16. The zero-order valence-corrected chi connectivity index (χ0v) is 10.3. The summed E-state index contributed by atoms with van der Waals surface area (Å²) in [7, 11) is 0. The van der Waals surface area contributed by atoms with Crippen molar-refractivity contribution in [1.29, 1.82) is 0 Å². The summed E-state index contributed by atoms with van der Waals surface area (Å²) in [5.41, 5.74) is 2.75. The van der Waals surface area contributed by atoms with E-state index in [1.165, 1.54) is 12.0 Å². The van der Waals surface area contributed by atoms with Gasteiger partial charge in [0.25, 0.3) is 0 Å². The molecule has 0 atom stereocenters. The van der Waals surface area contributed by atoms with Crippen LogP contribution in [-0.4, -0.2) is 11.5 Å². The predicted octanol–water partition coefficient (Wildman–Crippen LogP) is 2.92. The minimum atomic E-state index is 0.410. The van der Waals surface area contributed by atoms with Gasteiger partial charge >= 0.3 is 0 Å². The summed E-state index contributed by atoms with van der Waals surface area (Å²) in [4.78, 5) is 4.35. The summed E-state index contributed by atoms with van der Waals surface area (Å²) >= 11 is 0. The van der Waals surface area contributed by atoms with E-state index in [1.54, 1.807) is 0 Å². The summed E-state index contributed by atoms with van der Waals surface area (Å²) < 4.78 is 0. The lowest BCUT2D eigenvalue weighted by Crippen LogP contribution is -2.20. The Morgan fingerprint density at radius 2 is 2.00 bits per heavy atom. The Morgan fingerprint density at radius 1 is 1.27 bits per heavy atom. The number of nitrogens with zero attached hydrogens (tertiary/aromatic N) is 1. The van der Waals surface area contributed by atoms with Crippen molar-refractivity contribution in [3.05, 3.63) is 29.6 Å². The Kier molecular flexibility index (Phi) is 4.28. The molecule has 0 saturated carbocycles. The lowest BCUT2D eigenvalue weighted by molar-refractivity contribution is 0.366. The first-order valence-electron chi connectivity index (χ1n) is 5.60. The van der Waals surface area contributed by atoms with Crippen LogP contribution in [0.1, 0.15) is 38.4 Å². The number of hydrogen-bond acceptors (Lipinski definition) is 2. The smallest absolute Gasteiger partial charge is 0.0541 e. The number of nitrogens with one attached hydrogen (secondary N) is 1. The molecule has 0 aromatic carbocycles.